The van der Waals surface area contributed by atoms with Crippen LogP contribution in [0.1, 0.15) is 88.2 Å². The average Bonchev–Trinajstić information content (AvgIpc) is 2.68. The first-order chi connectivity index (χ1) is 12.3. The minimum atomic E-state index is 0.724. The van der Waals surface area contributed by atoms with Gasteiger partial charge in [0.2, 0.25) is 0 Å². The normalized spacial score (nSPS) is 30.6. The number of allylic oxidation sites excluding steroid dienone is 1. The SMILES string of the molecule is CCCc1ccc(C2CCC(C3CCC(CC=CF)CC3)CC2)cc1. The number of aryl methyl sites for hydroxylation is 1. The van der Waals surface area contributed by atoms with Gasteiger partial charge in [-0.05, 0) is 99.0 Å². The number of benzene rings is 1. The Morgan fingerprint density at radius 2 is 1.48 bits per heavy atom. The Labute approximate surface area is 153 Å². The molecule has 2 fully saturated rings. The summed E-state index contributed by atoms with van der Waals surface area (Å²) in [6.45, 7) is 2.25. The van der Waals surface area contributed by atoms with Gasteiger partial charge in [0.1, 0.15) is 0 Å². The fourth-order valence-electron chi connectivity index (χ4n) is 5.31. The van der Waals surface area contributed by atoms with E-state index in [1.807, 2.05) is 0 Å². The van der Waals surface area contributed by atoms with Gasteiger partial charge in [-0.3, -0.25) is 0 Å². The van der Waals surface area contributed by atoms with Gasteiger partial charge >= 0.3 is 0 Å². The zero-order valence-electron chi connectivity index (χ0n) is 15.9. The number of rotatable bonds is 6. The zero-order valence-corrected chi connectivity index (χ0v) is 15.9. The van der Waals surface area contributed by atoms with Crippen molar-refractivity contribution in [3.63, 3.8) is 0 Å². The van der Waals surface area contributed by atoms with Crippen molar-refractivity contribution in [3.05, 3.63) is 47.8 Å². The molecule has 0 N–H and O–H groups in total. The van der Waals surface area contributed by atoms with E-state index < -0.39 is 0 Å². The Hall–Kier alpha value is -1.11. The summed E-state index contributed by atoms with van der Waals surface area (Å²) in [5.74, 6) is 3.42. The van der Waals surface area contributed by atoms with Crippen LogP contribution in [-0.4, -0.2) is 0 Å². The lowest BCUT2D eigenvalue weighted by Gasteiger charge is -2.38. The molecule has 0 bridgehead atoms. The second-order valence-corrected chi connectivity index (χ2v) is 8.48. The maximum atomic E-state index is 12.2. The summed E-state index contributed by atoms with van der Waals surface area (Å²) in [6, 6.07) is 9.47. The molecule has 0 radical (unpaired) electrons. The highest BCUT2D eigenvalue weighted by atomic mass is 19.1. The van der Waals surface area contributed by atoms with Crippen molar-refractivity contribution in [1.29, 1.82) is 0 Å². The topological polar surface area (TPSA) is 0 Å². The van der Waals surface area contributed by atoms with E-state index in [4.69, 9.17) is 0 Å². The third-order valence-corrected chi connectivity index (χ3v) is 6.88. The van der Waals surface area contributed by atoms with Crippen molar-refractivity contribution in [2.75, 3.05) is 0 Å². The molecule has 138 valence electrons. The maximum Gasteiger partial charge on any atom is 0.0827 e. The van der Waals surface area contributed by atoms with Crippen molar-refractivity contribution in [1.82, 2.24) is 0 Å². The van der Waals surface area contributed by atoms with Gasteiger partial charge in [-0.1, -0.05) is 43.7 Å². The molecule has 2 aliphatic carbocycles. The quantitative estimate of drug-likeness (QED) is 0.499. The molecule has 0 unspecified atom stereocenters. The largest absolute Gasteiger partial charge is 0.216 e. The molecule has 0 saturated heterocycles. The third-order valence-electron chi connectivity index (χ3n) is 6.88. The van der Waals surface area contributed by atoms with Crippen molar-refractivity contribution in [2.24, 2.45) is 17.8 Å². The average molecular weight is 343 g/mol. The van der Waals surface area contributed by atoms with Crippen LogP contribution in [0.25, 0.3) is 0 Å². The Morgan fingerprint density at radius 3 is 2.04 bits per heavy atom. The second kappa shape index (κ2) is 9.55. The van der Waals surface area contributed by atoms with Crippen molar-refractivity contribution < 1.29 is 4.39 Å². The molecule has 1 aromatic carbocycles. The van der Waals surface area contributed by atoms with E-state index in [9.17, 15) is 4.39 Å². The minimum absolute atomic E-state index is 0.724. The van der Waals surface area contributed by atoms with E-state index >= 15 is 0 Å². The minimum Gasteiger partial charge on any atom is -0.216 e. The summed E-state index contributed by atoms with van der Waals surface area (Å²) >= 11 is 0. The molecule has 0 aliphatic heterocycles. The summed E-state index contributed by atoms with van der Waals surface area (Å²) < 4.78 is 12.2. The first-order valence-electron chi connectivity index (χ1n) is 10.6. The Morgan fingerprint density at radius 1 is 0.880 bits per heavy atom. The van der Waals surface area contributed by atoms with Gasteiger partial charge in [-0.2, -0.15) is 0 Å². The van der Waals surface area contributed by atoms with Crippen LogP contribution in [0, 0.1) is 17.8 Å². The predicted octanol–water partition coefficient (Wildman–Crippen LogP) is 7.59. The molecule has 2 aliphatic rings. The molecular weight excluding hydrogens is 307 g/mol. The van der Waals surface area contributed by atoms with Crippen LogP contribution in [0.5, 0.6) is 0 Å². The van der Waals surface area contributed by atoms with Crippen molar-refractivity contribution in [3.8, 4) is 0 Å². The van der Waals surface area contributed by atoms with Crippen LogP contribution in [0.3, 0.4) is 0 Å². The predicted molar refractivity (Wildman–Crippen MR) is 105 cm³/mol. The molecule has 0 atom stereocenters. The maximum absolute atomic E-state index is 12.2. The molecule has 1 heteroatoms. The first kappa shape index (κ1) is 18.7. The molecule has 0 spiro atoms. The molecule has 25 heavy (non-hydrogen) atoms. The third kappa shape index (κ3) is 5.19. The molecule has 0 nitrogen and oxygen atoms in total. The van der Waals surface area contributed by atoms with Crippen molar-refractivity contribution in [2.45, 2.75) is 83.5 Å². The first-order valence-corrected chi connectivity index (χ1v) is 10.6. The van der Waals surface area contributed by atoms with Gasteiger partial charge in [0.15, 0.2) is 0 Å². The molecular formula is C24H35F. The summed E-state index contributed by atoms with van der Waals surface area (Å²) in [5.41, 5.74) is 3.05. The highest BCUT2D eigenvalue weighted by Crippen LogP contribution is 2.44. The van der Waals surface area contributed by atoms with Crippen LogP contribution < -0.4 is 0 Å². The monoisotopic (exact) mass is 342 g/mol. The molecule has 3 rings (SSSR count). The van der Waals surface area contributed by atoms with E-state index in [1.165, 1.54) is 69.8 Å². The van der Waals surface area contributed by atoms with Crippen LogP contribution in [-0.2, 0) is 6.42 Å². The van der Waals surface area contributed by atoms with Gasteiger partial charge in [0, 0.05) is 0 Å². The summed E-state index contributed by atoms with van der Waals surface area (Å²) in [6.07, 6.45) is 16.8. The van der Waals surface area contributed by atoms with Gasteiger partial charge in [-0.15, -0.1) is 0 Å². The van der Waals surface area contributed by atoms with Gasteiger partial charge in [0.25, 0.3) is 0 Å². The number of hydrogen-bond donors (Lipinski definition) is 0. The molecule has 0 amide bonds. The zero-order chi connectivity index (χ0) is 17.5. The van der Waals surface area contributed by atoms with Crippen LogP contribution in [0.15, 0.2) is 36.7 Å². The highest BCUT2D eigenvalue weighted by molar-refractivity contribution is 5.26. The molecule has 0 heterocycles. The number of halogens is 1. The van der Waals surface area contributed by atoms with Crippen LogP contribution in [0.4, 0.5) is 4.39 Å². The van der Waals surface area contributed by atoms with Gasteiger partial charge < -0.3 is 0 Å². The van der Waals surface area contributed by atoms with E-state index in [-0.39, 0.29) is 0 Å². The Bertz CT molecular complexity index is 514. The summed E-state index contributed by atoms with van der Waals surface area (Å²) in [5, 5.41) is 0. The second-order valence-electron chi connectivity index (χ2n) is 8.48. The van der Waals surface area contributed by atoms with Gasteiger partial charge in [0.05, 0.1) is 6.33 Å². The fraction of sp³-hybridized carbons (Fsp3) is 0.667. The standard InChI is InChI=1S/C24H35F/c1-2-4-19-6-10-21(11-7-19)23-14-16-24(17-15-23)22-12-8-20(9-13-22)5-3-18-25/h3,6-7,10-11,18,20,22-24H,2,4-5,8-9,12-17H2,1H3. The van der Waals surface area contributed by atoms with E-state index in [2.05, 4.69) is 31.2 Å². The van der Waals surface area contributed by atoms with Crippen molar-refractivity contribution >= 4 is 0 Å². The van der Waals surface area contributed by atoms with E-state index in [1.54, 1.807) is 11.6 Å². The highest BCUT2D eigenvalue weighted by Gasteiger charge is 2.30. The number of hydrogen-bond acceptors (Lipinski definition) is 0. The lowest BCUT2D eigenvalue weighted by molar-refractivity contribution is 0.160. The molecule has 1 aromatic rings. The molecule has 2 saturated carbocycles. The van der Waals surface area contributed by atoms with Crippen LogP contribution in [0.2, 0.25) is 0 Å². The lowest BCUT2D eigenvalue weighted by Crippen LogP contribution is -2.25. The smallest absolute Gasteiger partial charge is 0.0827 e. The van der Waals surface area contributed by atoms with Crippen LogP contribution >= 0.6 is 0 Å². The molecule has 0 aromatic heterocycles. The van der Waals surface area contributed by atoms with E-state index in [0.717, 1.165) is 36.4 Å². The lowest BCUT2D eigenvalue weighted by atomic mass is 9.68. The summed E-state index contributed by atoms with van der Waals surface area (Å²) in [4.78, 5) is 0. The van der Waals surface area contributed by atoms with Gasteiger partial charge in [-0.25, -0.2) is 4.39 Å². The Balaban J connectivity index is 1.44. The summed E-state index contributed by atoms with van der Waals surface area (Å²) in [7, 11) is 0. The fourth-order valence-corrected chi connectivity index (χ4v) is 5.31. The Kier molecular flexibility index (Phi) is 7.13. The van der Waals surface area contributed by atoms with E-state index in [0.29, 0.717) is 0 Å².